The molecule has 0 bridgehead atoms. The average molecular weight is 477 g/mol. The van der Waals surface area contributed by atoms with Crippen molar-refractivity contribution >= 4 is 39.8 Å². The number of anilines is 1. The number of thiazole rings is 1. The number of carbonyl (C=O) groups is 1. The smallest absolute Gasteiger partial charge is 0.295 e. The van der Waals surface area contributed by atoms with Crippen LogP contribution in [-0.4, -0.2) is 46.0 Å². The molecule has 0 unspecified atom stereocenters. The van der Waals surface area contributed by atoms with E-state index in [9.17, 15) is 9.59 Å². The van der Waals surface area contributed by atoms with E-state index in [0.717, 1.165) is 11.3 Å². The van der Waals surface area contributed by atoms with Crippen LogP contribution in [0.15, 0.2) is 70.2 Å². The van der Waals surface area contributed by atoms with Crippen molar-refractivity contribution < 1.29 is 4.79 Å². The number of fused-ring (bicyclic) bond motifs is 1. The van der Waals surface area contributed by atoms with Gasteiger partial charge in [0.15, 0.2) is 11.0 Å². The highest BCUT2D eigenvalue weighted by atomic mass is 32.2. The maximum absolute atomic E-state index is 12.7. The third-order valence-corrected chi connectivity index (χ3v) is 6.37. The van der Waals surface area contributed by atoms with Crippen molar-refractivity contribution in [2.75, 3.05) is 11.1 Å². The SMILES string of the molecule is Cc1nn2c(NC(=O)CSc3nnc(-c4ccncc4)n3-c3ccccc3)csc2nc1=O. The molecule has 5 aromatic rings. The molecule has 0 saturated heterocycles. The van der Waals surface area contributed by atoms with Gasteiger partial charge in [-0.15, -0.1) is 21.5 Å². The van der Waals surface area contributed by atoms with Crippen LogP contribution in [0.1, 0.15) is 5.69 Å². The van der Waals surface area contributed by atoms with Gasteiger partial charge < -0.3 is 5.32 Å². The van der Waals surface area contributed by atoms with Gasteiger partial charge in [0.05, 0.1) is 5.75 Å². The van der Waals surface area contributed by atoms with Gasteiger partial charge in [-0.25, -0.2) is 0 Å². The molecular weight excluding hydrogens is 460 g/mol. The molecule has 0 aliphatic carbocycles. The number of nitrogens with zero attached hydrogens (tertiary/aromatic N) is 7. The van der Waals surface area contributed by atoms with E-state index >= 15 is 0 Å². The van der Waals surface area contributed by atoms with E-state index in [-0.39, 0.29) is 22.9 Å². The molecule has 1 amide bonds. The number of amides is 1. The molecule has 0 aliphatic heterocycles. The first kappa shape index (κ1) is 21.0. The highest BCUT2D eigenvalue weighted by Crippen LogP contribution is 2.28. The summed E-state index contributed by atoms with van der Waals surface area (Å²) in [5.41, 5.74) is 1.63. The Morgan fingerprint density at radius 1 is 1.12 bits per heavy atom. The number of rotatable bonds is 6. The first-order chi connectivity index (χ1) is 16.1. The molecule has 1 aromatic carbocycles. The van der Waals surface area contributed by atoms with Gasteiger partial charge in [-0.2, -0.15) is 14.6 Å². The molecule has 0 spiro atoms. The topological polar surface area (TPSA) is 120 Å². The highest BCUT2D eigenvalue weighted by Gasteiger charge is 2.18. The molecule has 0 radical (unpaired) electrons. The van der Waals surface area contributed by atoms with E-state index in [4.69, 9.17) is 0 Å². The summed E-state index contributed by atoms with van der Waals surface area (Å²) in [7, 11) is 0. The lowest BCUT2D eigenvalue weighted by Crippen LogP contribution is -2.19. The van der Waals surface area contributed by atoms with Crippen molar-refractivity contribution in [3.8, 4) is 17.1 Å². The maximum atomic E-state index is 12.7. The zero-order valence-corrected chi connectivity index (χ0v) is 18.9. The molecule has 164 valence electrons. The van der Waals surface area contributed by atoms with Crippen molar-refractivity contribution in [1.29, 1.82) is 0 Å². The minimum absolute atomic E-state index is 0.102. The van der Waals surface area contributed by atoms with E-state index in [1.54, 1.807) is 24.7 Å². The Labute approximate surface area is 195 Å². The second kappa shape index (κ2) is 8.92. The van der Waals surface area contributed by atoms with Gasteiger partial charge in [0, 0.05) is 29.0 Å². The number of hydrogen-bond acceptors (Lipinski definition) is 9. The minimum atomic E-state index is -0.379. The molecule has 12 heteroatoms. The van der Waals surface area contributed by atoms with Gasteiger partial charge in [-0.3, -0.25) is 19.1 Å². The number of nitrogens with one attached hydrogen (secondary N) is 1. The second-order valence-electron chi connectivity index (χ2n) is 6.87. The van der Waals surface area contributed by atoms with Gasteiger partial charge >= 0.3 is 0 Å². The van der Waals surface area contributed by atoms with Gasteiger partial charge in [0.1, 0.15) is 11.5 Å². The number of carbonyl (C=O) groups excluding carboxylic acids is 1. The maximum Gasteiger partial charge on any atom is 0.295 e. The average Bonchev–Trinajstić information content (AvgIpc) is 3.43. The highest BCUT2D eigenvalue weighted by molar-refractivity contribution is 7.99. The summed E-state index contributed by atoms with van der Waals surface area (Å²) in [6, 6.07) is 13.4. The van der Waals surface area contributed by atoms with Crippen molar-refractivity contribution in [3.05, 3.63) is 76.3 Å². The lowest BCUT2D eigenvalue weighted by Gasteiger charge is -2.10. The standard InChI is InChI=1S/C21H16N8O2S2/c1-13-19(31)24-20-29(27-13)16(11-32-20)23-17(30)12-33-21-26-25-18(14-7-9-22-10-8-14)28(21)15-5-3-2-4-6-15/h2-11H,12H2,1H3,(H,23,30). The molecule has 33 heavy (non-hydrogen) atoms. The summed E-state index contributed by atoms with van der Waals surface area (Å²) < 4.78 is 3.37. The lowest BCUT2D eigenvalue weighted by atomic mass is 10.2. The van der Waals surface area contributed by atoms with Crippen LogP contribution in [0.2, 0.25) is 0 Å². The Balaban J connectivity index is 1.39. The van der Waals surface area contributed by atoms with Crippen LogP contribution in [0.25, 0.3) is 22.0 Å². The summed E-state index contributed by atoms with van der Waals surface area (Å²) in [5, 5.41) is 18.0. The van der Waals surface area contributed by atoms with Crippen LogP contribution < -0.4 is 10.9 Å². The molecule has 4 heterocycles. The van der Waals surface area contributed by atoms with Crippen molar-refractivity contribution in [2.45, 2.75) is 12.1 Å². The normalized spacial score (nSPS) is 11.1. The van der Waals surface area contributed by atoms with E-state index in [1.807, 2.05) is 47.0 Å². The fourth-order valence-electron chi connectivity index (χ4n) is 3.09. The van der Waals surface area contributed by atoms with E-state index in [0.29, 0.717) is 21.8 Å². The molecule has 4 aromatic heterocycles. The zero-order chi connectivity index (χ0) is 22.8. The molecule has 0 fully saturated rings. The number of aromatic nitrogens is 7. The first-order valence-electron chi connectivity index (χ1n) is 9.79. The number of benzene rings is 1. The van der Waals surface area contributed by atoms with Gasteiger partial charge in [0.25, 0.3) is 5.56 Å². The molecule has 0 saturated carbocycles. The number of para-hydroxylation sites is 1. The first-order valence-corrected chi connectivity index (χ1v) is 11.7. The third kappa shape index (κ3) is 4.25. The molecule has 10 nitrogen and oxygen atoms in total. The van der Waals surface area contributed by atoms with Crippen LogP contribution in [0.5, 0.6) is 0 Å². The van der Waals surface area contributed by atoms with Crippen LogP contribution in [0.3, 0.4) is 0 Å². The summed E-state index contributed by atoms with van der Waals surface area (Å²) in [5.74, 6) is 0.972. The van der Waals surface area contributed by atoms with Crippen molar-refractivity contribution in [1.82, 2.24) is 34.3 Å². The Hall–Kier alpha value is -3.90. The van der Waals surface area contributed by atoms with Crippen LogP contribution >= 0.6 is 23.1 Å². The fourth-order valence-corrected chi connectivity index (χ4v) is 4.60. The quantitative estimate of drug-likeness (QED) is 0.372. The fraction of sp³-hybridized carbons (Fsp3) is 0.0952. The van der Waals surface area contributed by atoms with Crippen LogP contribution in [0, 0.1) is 6.92 Å². The Kier molecular flexibility index (Phi) is 5.67. The van der Waals surface area contributed by atoms with Crippen LogP contribution in [0.4, 0.5) is 5.82 Å². The van der Waals surface area contributed by atoms with Crippen molar-refractivity contribution in [3.63, 3.8) is 0 Å². The predicted octanol–water partition coefficient (Wildman–Crippen LogP) is 2.83. The Bertz CT molecular complexity index is 1500. The number of aryl methyl sites for hydroxylation is 1. The van der Waals surface area contributed by atoms with Crippen molar-refractivity contribution in [2.24, 2.45) is 0 Å². The number of pyridine rings is 1. The molecule has 0 aliphatic rings. The summed E-state index contributed by atoms with van der Waals surface area (Å²) in [6.45, 7) is 1.58. The Morgan fingerprint density at radius 3 is 2.70 bits per heavy atom. The second-order valence-corrected chi connectivity index (χ2v) is 8.65. The van der Waals surface area contributed by atoms with Gasteiger partial charge in [0.2, 0.25) is 10.9 Å². The summed E-state index contributed by atoms with van der Waals surface area (Å²) in [4.78, 5) is 32.8. The predicted molar refractivity (Wildman–Crippen MR) is 126 cm³/mol. The summed E-state index contributed by atoms with van der Waals surface area (Å²) in [6.07, 6.45) is 3.39. The molecular formula is C21H16N8O2S2. The minimum Gasteiger partial charge on any atom is -0.309 e. The number of thioether (sulfide) groups is 1. The van der Waals surface area contributed by atoms with Crippen LogP contribution in [-0.2, 0) is 4.79 Å². The van der Waals surface area contributed by atoms with Gasteiger partial charge in [-0.1, -0.05) is 30.0 Å². The monoisotopic (exact) mass is 476 g/mol. The lowest BCUT2D eigenvalue weighted by molar-refractivity contribution is -0.113. The Morgan fingerprint density at radius 2 is 1.91 bits per heavy atom. The van der Waals surface area contributed by atoms with Gasteiger partial charge in [-0.05, 0) is 31.2 Å². The number of hydrogen-bond donors (Lipinski definition) is 1. The largest absolute Gasteiger partial charge is 0.309 e. The zero-order valence-electron chi connectivity index (χ0n) is 17.2. The molecule has 5 rings (SSSR count). The third-order valence-electron chi connectivity index (χ3n) is 4.63. The molecule has 0 atom stereocenters. The van der Waals surface area contributed by atoms with E-state index in [2.05, 4.69) is 30.6 Å². The van der Waals surface area contributed by atoms with E-state index < -0.39 is 0 Å². The van der Waals surface area contributed by atoms with E-state index in [1.165, 1.54) is 27.6 Å². The summed E-state index contributed by atoms with van der Waals surface area (Å²) >= 11 is 2.50. The molecule has 1 N–H and O–H groups in total.